The Morgan fingerprint density at radius 1 is 1.33 bits per heavy atom. The van der Waals surface area contributed by atoms with E-state index < -0.39 is 11.6 Å². The van der Waals surface area contributed by atoms with E-state index >= 15 is 0 Å². The van der Waals surface area contributed by atoms with E-state index in [-0.39, 0.29) is 16.5 Å². The Labute approximate surface area is 97.0 Å². The van der Waals surface area contributed by atoms with Crippen molar-refractivity contribution in [2.24, 2.45) is 0 Å². The third-order valence-electron chi connectivity index (χ3n) is 1.78. The molecular formula is C9H3BrClF2NO. The van der Waals surface area contributed by atoms with Crippen LogP contribution in [0.2, 0.25) is 5.22 Å². The largest absolute Gasteiger partial charge is 0.343 e. The average Bonchev–Trinajstić information content (AvgIpc) is 2.52. The van der Waals surface area contributed by atoms with Crippen LogP contribution in [0.4, 0.5) is 8.78 Å². The fourth-order valence-electron chi connectivity index (χ4n) is 1.11. The topological polar surface area (TPSA) is 26.0 Å². The smallest absolute Gasteiger partial charge is 0.240 e. The molecule has 0 amide bonds. The Morgan fingerprint density at radius 3 is 2.67 bits per heavy atom. The first-order valence-electron chi connectivity index (χ1n) is 3.85. The van der Waals surface area contributed by atoms with Crippen molar-refractivity contribution in [2.45, 2.75) is 0 Å². The van der Waals surface area contributed by atoms with Crippen LogP contribution in [0.25, 0.3) is 11.3 Å². The fraction of sp³-hybridized carbons (Fsp3) is 0. The molecule has 0 radical (unpaired) electrons. The van der Waals surface area contributed by atoms with E-state index in [1.807, 2.05) is 0 Å². The molecule has 0 unspecified atom stereocenters. The highest BCUT2D eigenvalue weighted by Gasteiger charge is 2.17. The van der Waals surface area contributed by atoms with Crippen molar-refractivity contribution in [3.8, 4) is 11.3 Å². The van der Waals surface area contributed by atoms with Crippen LogP contribution in [0.15, 0.2) is 27.2 Å². The Bertz CT molecular complexity index is 515. The summed E-state index contributed by atoms with van der Waals surface area (Å²) in [6.07, 6.45) is 0. The zero-order chi connectivity index (χ0) is 11.0. The van der Waals surface area contributed by atoms with Gasteiger partial charge in [-0.3, -0.25) is 0 Å². The van der Waals surface area contributed by atoms with Crippen molar-refractivity contribution in [1.29, 1.82) is 0 Å². The van der Waals surface area contributed by atoms with Crippen LogP contribution in [0.3, 0.4) is 0 Å². The number of rotatable bonds is 1. The Kier molecular flexibility index (Phi) is 2.75. The minimum atomic E-state index is -0.595. The summed E-state index contributed by atoms with van der Waals surface area (Å²) in [5.41, 5.74) is 0.134. The van der Waals surface area contributed by atoms with Crippen LogP contribution in [0.1, 0.15) is 0 Å². The maximum absolute atomic E-state index is 13.3. The van der Waals surface area contributed by atoms with Gasteiger partial charge in [0.2, 0.25) is 5.22 Å². The lowest BCUT2D eigenvalue weighted by Gasteiger charge is -1.98. The standard InChI is InChI=1S/C9H3BrClF2NO/c10-7-8(14-15-9(7)11)5-3-4(12)1-2-6(5)13/h1-3H. The van der Waals surface area contributed by atoms with Crippen molar-refractivity contribution in [2.75, 3.05) is 0 Å². The third kappa shape index (κ3) is 1.89. The molecule has 0 saturated heterocycles. The van der Waals surface area contributed by atoms with Gasteiger partial charge in [-0.2, -0.15) is 0 Å². The molecule has 2 nitrogen and oxygen atoms in total. The van der Waals surface area contributed by atoms with Crippen LogP contribution in [-0.2, 0) is 0 Å². The maximum Gasteiger partial charge on any atom is 0.240 e. The molecule has 0 saturated carbocycles. The van der Waals surface area contributed by atoms with Crippen molar-refractivity contribution < 1.29 is 13.3 Å². The maximum atomic E-state index is 13.3. The first-order chi connectivity index (χ1) is 7.09. The van der Waals surface area contributed by atoms with Gasteiger partial charge in [-0.15, -0.1) is 0 Å². The molecule has 6 heteroatoms. The summed E-state index contributed by atoms with van der Waals surface area (Å²) < 4.78 is 31.2. The van der Waals surface area contributed by atoms with E-state index in [9.17, 15) is 8.78 Å². The van der Waals surface area contributed by atoms with Crippen molar-refractivity contribution in [1.82, 2.24) is 5.16 Å². The number of benzene rings is 1. The number of hydrogen-bond acceptors (Lipinski definition) is 2. The number of hydrogen-bond donors (Lipinski definition) is 0. The molecule has 1 aromatic carbocycles. The molecule has 15 heavy (non-hydrogen) atoms. The molecule has 0 aliphatic heterocycles. The van der Waals surface area contributed by atoms with Crippen molar-refractivity contribution in [3.05, 3.63) is 39.5 Å². The highest BCUT2D eigenvalue weighted by atomic mass is 79.9. The minimum absolute atomic E-state index is 0.00229. The molecule has 78 valence electrons. The van der Waals surface area contributed by atoms with Crippen LogP contribution in [0, 0.1) is 11.6 Å². The molecule has 0 spiro atoms. The van der Waals surface area contributed by atoms with E-state index in [0.717, 1.165) is 18.2 Å². The van der Waals surface area contributed by atoms with Crippen molar-refractivity contribution in [3.63, 3.8) is 0 Å². The van der Waals surface area contributed by atoms with Crippen LogP contribution in [-0.4, -0.2) is 5.16 Å². The lowest BCUT2D eigenvalue weighted by atomic mass is 10.1. The Balaban J connectivity index is 2.63. The average molecular weight is 294 g/mol. The number of aromatic nitrogens is 1. The molecule has 0 atom stereocenters. The first kappa shape index (κ1) is 10.6. The van der Waals surface area contributed by atoms with E-state index in [1.165, 1.54) is 0 Å². The van der Waals surface area contributed by atoms with Gasteiger partial charge in [-0.1, -0.05) is 5.16 Å². The van der Waals surface area contributed by atoms with Crippen LogP contribution < -0.4 is 0 Å². The molecule has 2 aromatic rings. The summed E-state index contributed by atoms with van der Waals surface area (Å²) in [4.78, 5) is 0. The number of halogens is 4. The predicted molar refractivity (Wildman–Crippen MR) is 54.6 cm³/mol. The van der Waals surface area contributed by atoms with E-state index in [1.54, 1.807) is 0 Å². The van der Waals surface area contributed by atoms with E-state index in [2.05, 4.69) is 25.6 Å². The lowest BCUT2D eigenvalue weighted by molar-refractivity contribution is 0.423. The van der Waals surface area contributed by atoms with Gasteiger partial charge in [-0.05, 0) is 45.7 Å². The second kappa shape index (κ2) is 3.90. The zero-order valence-electron chi connectivity index (χ0n) is 7.10. The molecule has 1 heterocycles. The normalized spacial score (nSPS) is 10.7. The van der Waals surface area contributed by atoms with Gasteiger partial charge in [-0.25, -0.2) is 8.78 Å². The summed E-state index contributed by atoms with van der Waals surface area (Å²) in [6.45, 7) is 0. The molecule has 0 fully saturated rings. The molecule has 2 rings (SSSR count). The zero-order valence-corrected chi connectivity index (χ0v) is 9.44. The molecule has 0 aliphatic carbocycles. The summed E-state index contributed by atoms with van der Waals surface area (Å²) >= 11 is 8.65. The Hall–Kier alpha value is -0.940. The molecular weight excluding hydrogens is 291 g/mol. The third-order valence-corrected chi connectivity index (χ3v) is 3.00. The quantitative estimate of drug-likeness (QED) is 0.793. The highest BCUT2D eigenvalue weighted by Crippen LogP contribution is 2.34. The minimum Gasteiger partial charge on any atom is -0.343 e. The number of nitrogens with zero attached hydrogens (tertiary/aromatic N) is 1. The van der Waals surface area contributed by atoms with Gasteiger partial charge < -0.3 is 4.52 Å². The van der Waals surface area contributed by atoms with Gasteiger partial charge in [0.25, 0.3) is 0 Å². The van der Waals surface area contributed by atoms with Gasteiger partial charge in [0.15, 0.2) is 0 Å². The summed E-state index contributed by atoms with van der Waals surface area (Å²) in [7, 11) is 0. The van der Waals surface area contributed by atoms with Crippen LogP contribution >= 0.6 is 27.5 Å². The Morgan fingerprint density at radius 2 is 2.07 bits per heavy atom. The monoisotopic (exact) mass is 293 g/mol. The van der Waals surface area contributed by atoms with Crippen molar-refractivity contribution >= 4 is 27.5 Å². The summed E-state index contributed by atoms with van der Waals surface area (Å²) in [5.74, 6) is -1.15. The second-order valence-corrected chi connectivity index (χ2v) is 3.88. The van der Waals surface area contributed by atoms with E-state index in [4.69, 9.17) is 11.6 Å². The SMILES string of the molecule is Fc1ccc(F)c(-c2noc(Cl)c2Br)c1. The van der Waals surface area contributed by atoms with Gasteiger partial charge >= 0.3 is 0 Å². The fourth-order valence-corrected chi connectivity index (χ4v) is 1.59. The van der Waals surface area contributed by atoms with E-state index in [0.29, 0.717) is 4.47 Å². The molecule has 0 N–H and O–H groups in total. The highest BCUT2D eigenvalue weighted by molar-refractivity contribution is 9.10. The molecule has 1 aromatic heterocycles. The summed E-state index contributed by atoms with van der Waals surface area (Å²) in [5, 5.41) is 3.52. The second-order valence-electron chi connectivity index (χ2n) is 2.74. The van der Waals surface area contributed by atoms with Gasteiger partial charge in [0.05, 0.1) is 0 Å². The van der Waals surface area contributed by atoms with Gasteiger partial charge in [0.1, 0.15) is 21.8 Å². The van der Waals surface area contributed by atoms with Gasteiger partial charge in [0, 0.05) is 5.56 Å². The first-order valence-corrected chi connectivity index (χ1v) is 5.03. The lowest BCUT2D eigenvalue weighted by Crippen LogP contribution is -1.86. The molecule has 0 aliphatic rings. The molecule has 0 bridgehead atoms. The summed E-state index contributed by atoms with van der Waals surface area (Å²) in [6, 6.07) is 3.06. The van der Waals surface area contributed by atoms with Crippen LogP contribution in [0.5, 0.6) is 0 Å². The predicted octanol–water partition coefficient (Wildman–Crippen LogP) is 4.04.